The molecule has 0 aliphatic carbocycles. The zero-order valence-electron chi connectivity index (χ0n) is 11.1. The topological polar surface area (TPSA) is 35.6 Å². The molecular weight excluding hydrogens is 214 g/mol. The fourth-order valence-corrected chi connectivity index (χ4v) is 3.09. The van der Waals surface area contributed by atoms with Crippen LogP contribution in [0.1, 0.15) is 25.7 Å². The highest BCUT2D eigenvalue weighted by molar-refractivity contribution is 5.78. The van der Waals surface area contributed by atoms with Crippen LogP contribution >= 0.6 is 0 Å². The van der Waals surface area contributed by atoms with Crippen molar-refractivity contribution in [2.24, 2.45) is 5.92 Å². The van der Waals surface area contributed by atoms with Crippen LogP contribution in [0.25, 0.3) is 0 Å². The molecule has 98 valence electrons. The highest BCUT2D eigenvalue weighted by Gasteiger charge is 2.29. The first-order chi connectivity index (χ1) is 8.20. The van der Waals surface area contributed by atoms with Crippen molar-refractivity contribution < 1.29 is 4.79 Å². The number of amides is 1. The summed E-state index contributed by atoms with van der Waals surface area (Å²) in [6.45, 7) is 4.65. The van der Waals surface area contributed by atoms with Crippen molar-refractivity contribution in [3.63, 3.8) is 0 Å². The Labute approximate surface area is 104 Å². The van der Waals surface area contributed by atoms with E-state index in [-0.39, 0.29) is 11.8 Å². The van der Waals surface area contributed by atoms with Crippen LogP contribution in [0.15, 0.2) is 0 Å². The molecule has 2 saturated heterocycles. The second-order valence-corrected chi connectivity index (χ2v) is 5.46. The smallest absolute Gasteiger partial charge is 0.222 e. The number of nitrogens with zero attached hydrogens (tertiary/aromatic N) is 2. The molecule has 2 aliphatic rings. The lowest BCUT2D eigenvalue weighted by Crippen LogP contribution is -2.48. The van der Waals surface area contributed by atoms with Crippen LogP contribution in [0, 0.1) is 5.92 Å². The highest BCUT2D eigenvalue weighted by atomic mass is 16.1. The van der Waals surface area contributed by atoms with Gasteiger partial charge in [0.05, 0.1) is 0 Å². The lowest BCUT2D eigenvalue weighted by atomic mass is 9.93. The molecular formula is C13H25N3O. The van der Waals surface area contributed by atoms with Gasteiger partial charge in [-0.15, -0.1) is 0 Å². The van der Waals surface area contributed by atoms with Gasteiger partial charge in [0, 0.05) is 19.0 Å². The van der Waals surface area contributed by atoms with Gasteiger partial charge in [-0.1, -0.05) is 0 Å². The van der Waals surface area contributed by atoms with Crippen molar-refractivity contribution >= 4 is 5.91 Å². The molecule has 0 aromatic rings. The van der Waals surface area contributed by atoms with Gasteiger partial charge in [-0.25, -0.2) is 0 Å². The van der Waals surface area contributed by atoms with Gasteiger partial charge in [-0.3, -0.25) is 4.79 Å². The maximum atomic E-state index is 11.6. The molecule has 2 rings (SSSR count). The molecule has 4 heteroatoms. The minimum atomic E-state index is 0.230. The molecule has 0 aromatic carbocycles. The van der Waals surface area contributed by atoms with Crippen molar-refractivity contribution in [3.05, 3.63) is 0 Å². The summed E-state index contributed by atoms with van der Waals surface area (Å²) in [4.78, 5) is 16.6. The minimum absolute atomic E-state index is 0.230. The Morgan fingerprint density at radius 3 is 2.18 bits per heavy atom. The second-order valence-electron chi connectivity index (χ2n) is 5.46. The Morgan fingerprint density at radius 1 is 1.06 bits per heavy atom. The third kappa shape index (κ3) is 3.19. The summed E-state index contributed by atoms with van der Waals surface area (Å²) in [7, 11) is 3.94. The molecule has 2 heterocycles. The summed E-state index contributed by atoms with van der Waals surface area (Å²) in [5, 5.41) is 2.77. The maximum Gasteiger partial charge on any atom is 0.222 e. The van der Waals surface area contributed by atoms with E-state index < -0.39 is 0 Å². The van der Waals surface area contributed by atoms with Crippen LogP contribution < -0.4 is 5.32 Å². The average molecular weight is 239 g/mol. The molecule has 0 atom stereocenters. The maximum absolute atomic E-state index is 11.6. The Kier molecular flexibility index (Phi) is 4.40. The van der Waals surface area contributed by atoms with Crippen molar-refractivity contribution in [3.8, 4) is 0 Å². The number of nitrogens with one attached hydrogen (secondary N) is 1. The minimum Gasteiger partial charge on any atom is -0.359 e. The predicted molar refractivity (Wildman–Crippen MR) is 68.9 cm³/mol. The Morgan fingerprint density at radius 2 is 1.65 bits per heavy atom. The van der Waals surface area contributed by atoms with Gasteiger partial charge in [-0.05, 0) is 58.9 Å². The summed E-state index contributed by atoms with van der Waals surface area (Å²) < 4.78 is 0. The van der Waals surface area contributed by atoms with E-state index in [0.717, 1.165) is 32.0 Å². The normalized spacial score (nSPS) is 26.0. The van der Waals surface area contributed by atoms with Gasteiger partial charge in [0.25, 0.3) is 0 Å². The average Bonchev–Trinajstić information content (AvgIpc) is 2.39. The molecule has 17 heavy (non-hydrogen) atoms. The third-order valence-electron chi connectivity index (χ3n) is 4.35. The fraction of sp³-hybridized carbons (Fsp3) is 0.923. The number of carbonyl (C=O) groups excluding carboxylic acids is 1. The van der Waals surface area contributed by atoms with Crippen LogP contribution in [0.2, 0.25) is 0 Å². The predicted octanol–water partition coefficient (Wildman–Crippen LogP) is 0.539. The van der Waals surface area contributed by atoms with E-state index in [1.807, 2.05) is 0 Å². The number of carbonyl (C=O) groups is 1. The van der Waals surface area contributed by atoms with Crippen LogP contribution in [0.4, 0.5) is 0 Å². The first-order valence-electron chi connectivity index (χ1n) is 6.85. The fourth-order valence-electron chi connectivity index (χ4n) is 3.09. The van der Waals surface area contributed by atoms with E-state index in [0.29, 0.717) is 0 Å². The van der Waals surface area contributed by atoms with Gasteiger partial charge in [0.15, 0.2) is 0 Å². The molecule has 0 aromatic heterocycles. The van der Waals surface area contributed by atoms with Gasteiger partial charge in [0.2, 0.25) is 5.91 Å². The quantitative estimate of drug-likeness (QED) is 0.764. The SMILES string of the molecule is CNC(=O)C1CCN(C2CCN(C)CC2)CC1. The number of hydrogen-bond acceptors (Lipinski definition) is 3. The zero-order valence-corrected chi connectivity index (χ0v) is 11.1. The molecule has 0 radical (unpaired) electrons. The van der Waals surface area contributed by atoms with Crippen molar-refractivity contribution in [1.82, 2.24) is 15.1 Å². The number of likely N-dealkylation sites (tertiary alicyclic amines) is 2. The summed E-state index contributed by atoms with van der Waals surface area (Å²) in [6, 6.07) is 0.761. The molecule has 1 amide bonds. The van der Waals surface area contributed by atoms with Crippen LogP contribution in [0.5, 0.6) is 0 Å². The molecule has 4 nitrogen and oxygen atoms in total. The molecule has 0 bridgehead atoms. The Bertz CT molecular complexity index is 253. The van der Waals surface area contributed by atoms with E-state index in [9.17, 15) is 4.79 Å². The zero-order chi connectivity index (χ0) is 12.3. The van der Waals surface area contributed by atoms with Crippen molar-refractivity contribution in [1.29, 1.82) is 0 Å². The second kappa shape index (κ2) is 5.83. The van der Waals surface area contributed by atoms with Gasteiger partial charge in [-0.2, -0.15) is 0 Å². The van der Waals surface area contributed by atoms with Crippen molar-refractivity contribution in [2.45, 2.75) is 31.7 Å². The van der Waals surface area contributed by atoms with E-state index in [4.69, 9.17) is 0 Å². The Balaban J connectivity index is 1.77. The largest absolute Gasteiger partial charge is 0.359 e. The summed E-state index contributed by atoms with van der Waals surface area (Å²) in [5.74, 6) is 0.482. The summed E-state index contributed by atoms with van der Waals surface area (Å²) >= 11 is 0. The lowest BCUT2D eigenvalue weighted by Gasteiger charge is -2.40. The van der Waals surface area contributed by atoms with Crippen LogP contribution in [-0.2, 0) is 4.79 Å². The van der Waals surface area contributed by atoms with Crippen molar-refractivity contribution in [2.75, 3.05) is 40.3 Å². The monoisotopic (exact) mass is 239 g/mol. The number of hydrogen-bond donors (Lipinski definition) is 1. The third-order valence-corrected chi connectivity index (χ3v) is 4.35. The first-order valence-corrected chi connectivity index (χ1v) is 6.85. The summed E-state index contributed by atoms with van der Waals surface area (Å²) in [5.41, 5.74) is 0. The van der Waals surface area contributed by atoms with E-state index >= 15 is 0 Å². The highest BCUT2D eigenvalue weighted by Crippen LogP contribution is 2.23. The van der Waals surface area contributed by atoms with Gasteiger partial charge in [0.1, 0.15) is 0 Å². The molecule has 2 fully saturated rings. The number of piperidine rings is 2. The van der Waals surface area contributed by atoms with Gasteiger partial charge >= 0.3 is 0 Å². The summed E-state index contributed by atoms with van der Waals surface area (Å²) in [6.07, 6.45) is 4.65. The molecule has 0 unspecified atom stereocenters. The molecule has 1 N–H and O–H groups in total. The van der Waals surface area contributed by atoms with E-state index in [1.54, 1.807) is 7.05 Å². The number of rotatable bonds is 2. The van der Waals surface area contributed by atoms with Crippen LogP contribution in [0.3, 0.4) is 0 Å². The lowest BCUT2D eigenvalue weighted by molar-refractivity contribution is -0.126. The Hall–Kier alpha value is -0.610. The van der Waals surface area contributed by atoms with E-state index in [2.05, 4.69) is 22.2 Å². The first kappa shape index (κ1) is 12.8. The standard InChI is InChI=1S/C13H25N3O/c1-14-13(17)11-3-9-16(10-4-11)12-5-7-15(2)8-6-12/h11-12H,3-10H2,1-2H3,(H,14,17). The van der Waals surface area contributed by atoms with Crippen LogP contribution in [-0.4, -0.2) is 62.0 Å². The molecule has 0 saturated carbocycles. The molecule has 2 aliphatic heterocycles. The molecule has 0 spiro atoms. The van der Waals surface area contributed by atoms with E-state index in [1.165, 1.54) is 25.9 Å². The van der Waals surface area contributed by atoms with Gasteiger partial charge < -0.3 is 15.1 Å².